The maximum atomic E-state index is 10.2. The van der Waals surface area contributed by atoms with Crippen LogP contribution in [0.2, 0.25) is 0 Å². The van der Waals surface area contributed by atoms with Gasteiger partial charge in [-0.05, 0) is 12.8 Å². The van der Waals surface area contributed by atoms with Gasteiger partial charge >= 0.3 is 35.5 Å². The molecule has 0 heterocycles. The van der Waals surface area contributed by atoms with E-state index < -0.39 is 11.9 Å². The van der Waals surface area contributed by atoms with Gasteiger partial charge in [-0.2, -0.15) is 0 Å². The minimum atomic E-state index is -0.903. The summed E-state index contributed by atoms with van der Waals surface area (Å²) in [4.78, 5) is 19.8. The Bertz CT molecular complexity index is 332. The van der Waals surface area contributed by atoms with Gasteiger partial charge in [-0.3, -0.25) is 4.79 Å². The number of carbonyl (C=O) groups excluding carboxylic acids is 1. The van der Waals surface area contributed by atoms with E-state index in [1.165, 1.54) is 89.5 Å². The summed E-state index contributed by atoms with van der Waals surface area (Å²) in [6.45, 7) is 5.49. The van der Waals surface area contributed by atoms with Gasteiger partial charge < -0.3 is 15.0 Å². The summed E-state index contributed by atoms with van der Waals surface area (Å²) in [6, 6.07) is 0. The molecule has 0 fully saturated rings. The second-order valence-corrected chi connectivity index (χ2v) is 6.96. The van der Waals surface area contributed by atoms with E-state index >= 15 is 0 Å². The second kappa shape index (κ2) is 27.9. The van der Waals surface area contributed by atoms with E-state index in [4.69, 9.17) is 5.11 Å². The van der Waals surface area contributed by atoms with E-state index in [-0.39, 0.29) is 42.4 Å². The maximum absolute atomic E-state index is 10.2. The van der Waals surface area contributed by atoms with Crippen molar-refractivity contribution in [3.8, 4) is 0 Å². The Morgan fingerprint density at radius 1 is 0.778 bits per heavy atom. The van der Waals surface area contributed by atoms with Gasteiger partial charge in [0, 0.05) is 5.97 Å². The minimum Gasteiger partial charge on any atom is -0.550 e. The zero-order chi connectivity index (χ0) is 19.9. The Morgan fingerprint density at radius 2 is 1.11 bits per heavy atom. The van der Waals surface area contributed by atoms with Gasteiger partial charge in [-0.25, -0.2) is 0 Å². The van der Waals surface area contributed by atoms with Crippen LogP contribution in [0.1, 0.15) is 116 Å². The van der Waals surface area contributed by atoms with Crippen molar-refractivity contribution >= 4 is 11.9 Å². The van der Waals surface area contributed by atoms with Crippen LogP contribution in [0.25, 0.3) is 0 Å². The van der Waals surface area contributed by atoms with Crippen LogP contribution in [0.5, 0.6) is 0 Å². The molecule has 0 atom stereocenters. The smallest absolute Gasteiger partial charge is 0.550 e. The van der Waals surface area contributed by atoms with Crippen LogP contribution in [-0.4, -0.2) is 17.0 Å². The monoisotopic (exact) mass is 392 g/mol. The largest absolute Gasteiger partial charge is 1.00 e. The fourth-order valence-corrected chi connectivity index (χ4v) is 2.76. The molecule has 154 valence electrons. The van der Waals surface area contributed by atoms with Gasteiger partial charge in [0.15, 0.2) is 0 Å². The first-order chi connectivity index (χ1) is 12.5. The third-order valence-corrected chi connectivity index (χ3v) is 4.30. The molecule has 0 bridgehead atoms. The summed E-state index contributed by atoms with van der Waals surface area (Å²) in [7, 11) is 0. The molecule has 0 saturated heterocycles. The van der Waals surface area contributed by atoms with Crippen molar-refractivity contribution in [2.24, 2.45) is 0 Å². The first kappa shape index (κ1) is 31.4. The van der Waals surface area contributed by atoms with Crippen LogP contribution < -0.4 is 34.7 Å². The van der Waals surface area contributed by atoms with Crippen molar-refractivity contribution in [2.75, 3.05) is 0 Å². The van der Waals surface area contributed by atoms with E-state index in [0.29, 0.717) is 0 Å². The van der Waals surface area contributed by atoms with Crippen LogP contribution in [0.4, 0.5) is 0 Å². The van der Waals surface area contributed by atoms with Gasteiger partial charge in [0.1, 0.15) is 0 Å². The molecule has 0 aromatic heterocycles. The number of rotatable bonds is 18. The van der Waals surface area contributed by atoms with E-state index in [9.17, 15) is 14.7 Å². The molecule has 0 aliphatic rings. The third kappa shape index (κ3) is 37.2. The van der Waals surface area contributed by atoms with E-state index in [1.54, 1.807) is 0 Å². The molecule has 0 aromatic rings. The van der Waals surface area contributed by atoms with E-state index in [2.05, 4.69) is 13.5 Å². The molecule has 0 saturated carbocycles. The Labute approximate surface area is 189 Å². The summed E-state index contributed by atoms with van der Waals surface area (Å²) in [5.74, 6) is -1.73. The molecule has 0 rings (SSSR count). The van der Waals surface area contributed by atoms with Gasteiger partial charge in [0.2, 0.25) is 0 Å². The molecular weight excluding hydrogens is 351 g/mol. The Balaban J connectivity index is -0.000000709. The Kier molecular flexibility index (Phi) is 32.4. The second-order valence-electron chi connectivity index (χ2n) is 6.96. The number of carboxylic acids is 2. The van der Waals surface area contributed by atoms with Gasteiger partial charge in [-0.1, -0.05) is 103 Å². The van der Waals surface area contributed by atoms with Gasteiger partial charge in [-0.15, -0.1) is 6.58 Å². The van der Waals surface area contributed by atoms with Crippen LogP contribution in [-0.2, 0) is 9.59 Å². The van der Waals surface area contributed by atoms with Crippen molar-refractivity contribution in [3.05, 3.63) is 12.7 Å². The summed E-state index contributed by atoms with van der Waals surface area (Å²) >= 11 is 0. The topological polar surface area (TPSA) is 77.4 Å². The quantitative estimate of drug-likeness (QED) is 0.221. The predicted molar refractivity (Wildman–Crippen MR) is 107 cm³/mol. The van der Waals surface area contributed by atoms with Crippen molar-refractivity contribution in [1.29, 1.82) is 0 Å². The molecule has 0 radical (unpaired) electrons. The minimum absolute atomic E-state index is 0. The molecule has 0 unspecified atom stereocenters. The van der Waals surface area contributed by atoms with Crippen LogP contribution >= 0.6 is 0 Å². The number of unbranched alkanes of at least 4 members (excludes halogenated alkanes) is 14. The molecule has 0 aromatic carbocycles. The van der Waals surface area contributed by atoms with Crippen molar-refractivity contribution < 1.29 is 49.4 Å². The average Bonchev–Trinajstić information content (AvgIpc) is 2.58. The molecule has 1 N–H and O–H groups in total. The molecule has 4 nitrogen and oxygen atoms in total. The number of carboxylic acid groups (broad SMARTS) is 2. The molecule has 0 amide bonds. The predicted octanol–water partition coefficient (Wildman–Crippen LogP) is 2.65. The summed E-state index contributed by atoms with van der Waals surface area (Å²) in [5.41, 5.74) is 0. The fourth-order valence-electron chi connectivity index (χ4n) is 2.76. The van der Waals surface area contributed by atoms with Crippen LogP contribution in [0, 0.1) is 0 Å². The van der Waals surface area contributed by atoms with Crippen LogP contribution in [0.3, 0.4) is 0 Å². The molecule has 0 aliphatic carbocycles. The van der Waals surface area contributed by atoms with Gasteiger partial charge in [0.05, 0.1) is 6.42 Å². The molecule has 0 aliphatic heterocycles. The number of hydrogen-bond acceptors (Lipinski definition) is 3. The average molecular weight is 393 g/mol. The zero-order valence-electron chi connectivity index (χ0n) is 18.0. The van der Waals surface area contributed by atoms with Crippen molar-refractivity contribution in [1.82, 2.24) is 0 Å². The van der Waals surface area contributed by atoms with Crippen molar-refractivity contribution in [3.63, 3.8) is 0 Å². The van der Waals surface area contributed by atoms with E-state index in [1.807, 2.05) is 0 Å². The summed E-state index contributed by atoms with van der Waals surface area (Å²) in [5, 5.41) is 18.1. The first-order valence-electron chi connectivity index (χ1n) is 10.6. The molecule has 0 spiro atoms. The number of carbonyl (C=O) groups is 2. The standard InChI is InChI=1S/C18H36O2.C4H6O2.Na/c1-2-3-4-5-6-7-8-9-10-11-12-13-14-15-16-17-18(19)20;1-2-3-4(5)6;/h2-17H2,1H3,(H,19,20);2H,1,3H2,(H,5,6);/q;;+1/p-1. The molecular formula is C22H41NaO4. The summed E-state index contributed by atoms with van der Waals surface area (Å²) < 4.78 is 0. The SMILES string of the molecule is C=CCC(=O)O.CCCCCCCCCCCCCCCCCC(=O)[O-].[Na+]. The van der Waals surface area contributed by atoms with Crippen molar-refractivity contribution in [2.45, 2.75) is 116 Å². The van der Waals surface area contributed by atoms with Gasteiger partial charge in [0.25, 0.3) is 0 Å². The zero-order valence-corrected chi connectivity index (χ0v) is 20.0. The fraction of sp³-hybridized carbons (Fsp3) is 0.818. The van der Waals surface area contributed by atoms with E-state index in [0.717, 1.165) is 12.8 Å². The first-order valence-corrected chi connectivity index (χ1v) is 10.6. The third-order valence-electron chi connectivity index (χ3n) is 4.30. The molecule has 5 heteroatoms. The Hall–Kier alpha value is -0.320. The number of hydrogen-bond donors (Lipinski definition) is 1. The summed E-state index contributed by atoms with van der Waals surface area (Å²) in [6.07, 6.45) is 21.3. The maximum Gasteiger partial charge on any atom is 1.00 e. The normalized spacial score (nSPS) is 9.67. The Morgan fingerprint density at radius 3 is 1.33 bits per heavy atom. The van der Waals surface area contributed by atoms with Crippen LogP contribution in [0.15, 0.2) is 12.7 Å². The molecule has 27 heavy (non-hydrogen) atoms. The number of aliphatic carboxylic acids is 2.